The van der Waals surface area contributed by atoms with Crippen molar-refractivity contribution in [2.24, 2.45) is 15.0 Å². The monoisotopic (exact) mass is 773 g/mol. The summed E-state index contributed by atoms with van der Waals surface area (Å²) in [5.41, 5.74) is 18.4. The molecule has 5 nitrogen and oxygen atoms in total. The molecule has 2 unspecified atom stereocenters. The van der Waals surface area contributed by atoms with Gasteiger partial charge in [0.25, 0.3) is 0 Å². The fourth-order valence-corrected chi connectivity index (χ4v) is 7.82. The van der Waals surface area contributed by atoms with Gasteiger partial charge in [0.15, 0.2) is 0 Å². The number of allylic oxidation sites excluding steroid dienone is 5. The number of ether oxygens (including phenoxy) is 2. The number of benzene rings is 4. The van der Waals surface area contributed by atoms with Gasteiger partial charge in [-0.05, 0) is 135 Å². The van der Waals surface area contributed by atoms with Crippen molar-refractivity contribution in [3.63, 3.8) is 0 Å². The van der Waals surface area contributed by atoms with Crippen LogP contribution in [0.1, 0.15) is 134 Å². The minimum Gasteiger partial charge on any atom is -0.497 e. The van der Waals surface area contributed by atoms with Crippen LogP contribution in [-0.2, 0) is 0 Å². The number of hydrogen-bond donors (Lipinski definition) is 0. The number of nitrogens with zero attached hydrogens (tertiary/aromatic N) is 3. The first-order chi connectivity index (χ1) is 28.1. The van der Waals surface area contributed by atoms with Crippen LogP contribution in [0.4, 0.5) is 5.69 Å². The molecular formula is C53H63N3O2. The Morgan fingerprint density at radius 3 is 1.83 bits per heavy atom. The molecule has 4 aliphatic rings. The van der Waals surface area contributed by atoms with Gasteiger partial charge >= 0.3 is 0 Å². The van der Waals surface area contributed by atoms with Gasteiger partial charge < -0.3 is 9.47 Å². The van der Waals surface area contributed by atoms with Gasteiger partial charge in [0, 0.05) is 28.2 Å². The summed E-state index contributed by atoms with van der Waals surface area (Å²) in [7, 11) is 1.69. The molecule has 3 heterocycles. The summed E-state index contributed by atoms with van der Waals surface area (Å²) in [5.74, 6) is 2.01. The third-order valence-corrected chi connectivity index (χ3v) is 10.1. The SMILES string of the molecule is C=Cc1ccc2c(c1)C1C(c3ccc(OC)cc3)=NC(C)=C1C(C)=C2.C=Cc1ccc2c(c1)C1C(c3ccccc3OC(C)C)=NC(C)=C1C(C)=N2.CC.CC.CC. The lowest BCUT2D eigenvalue weighted by molar-refractivity contribution is 0.242. The lowest BCUT2D eigenvalue weighted by Crippen LogP contribution is -2.21. The molecule has 3 aliphatic heterocycles. The van der Waals surface area contributed by atoms with E-state index in [1.165, 1.54) is 33.4 Å². The predicted molar refractivity (Wildman–Crippen MR) is 253 cm³/mol. The standard InChI is InChI=1S/C24H24N2O.C23H21NO.3C2H6/c1-6-17-11-12-20-19(13-17)23-22(15(4)25-20)16(5)26-24(23)18-9-7-8-10-21(18)27-14(2)3;1-5-16-6-7-18-12-14(2)21-15(3)24-23(22(21)20(18)13-16)17-8-10-19(25-4)11-9-17;3*1-2/h6-14,23H,1H2,2-5H3;5-13,22H,1H2,2-4H3;3*1-2H3. The summed E-state index contributed by atoms with van der Waals surface area (Å²) in [6.45, 7) is 32.4. The Balaban J connectivity index is 0.000000228. The van der Waals surface area contributed by atoms with Gasteiger partial charge in [-0.15, -0.1) is 0 Å². The minimum atomic E-state index is 0.0781. The van der Waals surface area contributed by atoms with Crippen LogP contribution in [-0.4, -0.2) is 30.3 Å². The van der Waals surface area contributed by atoms with Crippen molar-refractivity contribution in [1.82, 2.24) is 0 Å². The summed E-state index contributed by atoms with van der Waals surface area (Å²) < 4.78 is 11.4. The van der Waals surface area contributed by atoms with Crippen molar-refractivity contribution >= 4 is 41.1 Å². The maximum absolute atomic E-state index is 6.09. The van der Waals surface area contributed by atoms with Crippen molar-refractivity contribution in [3.05, 3.63) is 165 Å². The van der Waals surface area contributed by atoms with Gasteiger partial charge in [-0.1, -0.05) is 109 Å². The molecule has 0 radical (unpaired) electrons. The number of methoxy groups -OCH3 is 1. The molecule has 0 fully saturated rings. The van der Waals surface area contributed by atoms with Crippen molar-refractivity contribution in [2.45, 2.75) is 101 Å². The van der Waals surface area contributed by atoms with Crippen LogP contribution in [0.2, 0.25) is 0 Å². The van der Waals surface area contributed by atoms with Gasteiger partial charge in [0.2, 0.25) is 0 Å². The van der Waals surface area contributed by atoms with E-state index in [1.807, 2.05) is 97.9 Å². The largest absolute Gasteiger partial charge is 0.497 e. The number of fused-ring (bicyclic) bond motifs is 6. The third kappa shape index (κ3) is 9.15. The highest BCUT2D eigenvalue weighted by Gasteiger charge is 2.38. The summed E-state index contributed by atoms with van der Waals surface area (Å²) in [4.78, 5) is 14.8. The van der Waals surface area contributed by atoms with Gasteiger partial charge in [-0.2, -0.15) is 0 Å². The van der Waals surface area contributed by atoms with E-state index in [0.717, 1.165) is 68.0 Å². The Hall–Kier alpha value is -5.81. The van der Waals surface area contributed by atoms with Crippen LogP contribution in [0, 0.1) is 0 Å². The van der Waals surface area contributed by atoms with E-state index in [2.05, 4.69) is 102 Å². The molecule has 0 bridgehead atoms. The maximum Gasteiger partial charge on any atom is 0.128 e. The maximum atomic E-state index is 6.09. The quantitative estimate of drug-likeness (QED) is 0.188. The molecule has 58 heavy (non-hydrogen) atoms. The lowest BCUT2D eigenvalue weighted by atomic mass is 9.76. The molecule has 0 amide bonds. The van der Waals surface area contributed by atoms with Crippen LogP contribution in [0.5, 0.6) is 11.5 Å². The molecule has 4 aromatic carbocycles. The first kappa shape index (κ1) is 44.9. The van der Waals surface area contributed by atoms with Crippen molar-refractivity contribution in [3.8, 4) is 11.5 Å². The zero-order valence-corrected chi connectivity index (χ0v) is 37.1. The Morgan fingerprint density at radius 1 is 0.638 bits per heavy atom. The third-order valence-electron chi connectivity index (χ3n) is 10.1. The van der Waals surface area contributed by atoms with Crippen molar-refractivity contribution < 1.29 is 9.47 Å². The van der Waals surface area contributed by atoms with E-state index >= 15 is 0 Å². The summed E-state index contributed by atoms with van der Waals surface area (Å²) in [5, 5.41) is 0. The van der Waals surface area contributed by atoms with Gasteiger partial charge in [-0.25, -0.2) is 0 Å². The molecular weight excluding hydrogens is 711 g/mol. The Morgan fingerprint density at radius 2 is 1.21 bits per heavy atom. The average Bonchev–Trinajstić information content (AvgIpc) is 3.80. The van der Waals surface area contributed by atoms with Crippen molar-refractivity contribution in [2.75, 3.05) is 7.11 Å². The molecule has 0 spiro atoms. The summed E-state index contributed by atoms with van der Waals surface area (Å²) in [6.07, 6.45) is 6.16. The molecule has 0 N–H and O–H groups in total. The number of para-hydroxylation sites is 1. The number of aliphatic imine (C=N–C) groups is 3. The number of rotatable bonds is 7. The molecule has 302 valence electrons. The highest BCUT2D eigenvalue weighted by molar-refractivity contribution is 6.20. The minimum absolute atomic E-state index is 0.0781. The smallest absolute Gasteiger partial charge is 0.128 e. The fourth-order valence-electron chi connectivity index (χ4n) is 7.82. The lowest BCUT2D eigenvalue weighted by Gasteiger charge is -2.26. The second kappa shape index (κ2) is 20.6. The van der Waals surface area contributed by atoms with Crippen molar-refractivity contribution in [1.29, 1.82) is 0 Å². The van der Waals surface area contributed by atoms with Gasteiger partial charge in [-0.3, -0.25) is 15.0 Å². The zero-order valence-electron chi connectivity index (χ0n) is 37.1. The highest BCUT2D eigenvalue weighted by Crippen LogP contribution is 2.48. The number of hydrogen-bond acceptors (Lipinski definition) is 5. The normalized spacial score (nSPS) is 16.6. The molecule has 5 heteroatoms. The molecule has 2 atom stereocenters. The second-order valence-corrected chi connectivity index (χ2v) is 13.9. The van der Waals surface area contributed by atoms with E-state index in [-0.39, 0.29) is 17.9 Å². The van der Waals surface area contributed by atoms with E-state index in [9.17, 15) is 0 Å². The van der Waals surface area contributed by atoms with Crippen LogP contribution >= 0.6 is 0 Å². The fraction of sp³-hybridized carbons (Fsp3) is 0.302. The summed E-state index contributed by atoms with van der Waals surface area (Å²) >= 11 is 0. The first-order valence-electron chi connectivity index (χ1n) is 20.9. The predicted octanol–water partition coefficient (Wildman–Crippen LogP) is 14.8. The molecule has 1 aliphatic carbocycles. The zero-order chi connectivity index (χ0) is 42.7. The first-order valence-corrected chi connectivity index (χ1v) is 20.9. The topological polar surface area (TPSA) is 55.5 Å². The Labute approximate surface area is 349 Å². The molecule has 4 aromatic rings. The van der Waals surface area contributed by atoms with Gasteiger partial charge in [0.1, 0.15) is 11.5 Å². The van der Waals surface area contributed by atoms with E-state index in [4.69, 9.17) is 24.5 Å². The highest BCUT2D eigenvalue weighted by atomic mass is 16.5. The second-order valence-electron chi connectivity index (χ2n) is 13.9. The van der Waals surface area contributed by atoms with Crippen LogP contribution < -0.4 is 9.47 Å². The molecule has 0 aromatic heterocycles. The Kier molecular flexibility index (Phi) is 15.9. The Bertz CT molecular complexity index is 2310. The summed E-state index contributed by atoms with van der Waals surface area (Å²) in [6, 6.07) is 29.2. The molecule has 8 rings (SSSR count). The molecule has 0 saturated heterocycles. The van der Waals surface area contributed by atoms with E-state index in [0.29, 0.717) is 0 Å². The average molecular weight is 774 g/mol. The van der Waals surface area contributed by atoms with E-state index in [1.54, 1.807) is 7.11 Å². The van der Waals surface area contributed by atoms with Gasteiger partial charge in [0.05, 0.1) is 42.2 Å². The van der Waals surface area contributed by atoms with Crippen LogP contribution in [0.3, 0.4) is 0 Å². The van der Waals surface area contributed by atoms with E-state index < -0.39 is 0 Å². The van der Waals surface area contributed by atoms with Crippen LogP contribution in [0.15, 0.2) is 141 Å². The van der Waals surface area contributed by atoms with Crippen LogP contribution in [0.25, 0.3) is 18.2 Å². The molecule has 0 saturated carbocycles.